The Morgan fingerprint density at radius 3 is 2.77 bits per heavy atom. The molecule has 1 aliphatic rings. The van der Waals surface area contributed by atoms with Gasteiger partial charge in [-0.3, -0.25) is 9.78 Å². The number of carbonyl (C=O) groups excluding carboxylic acids is 1. The van der Waals surface area contributed by atoms with Crippen LogP contribution in [0.15, 0.2) is 48.9 Å². The third-order valence-electron chi connectivity index (χ3n) is 5.64. The maximum atomic E-state index is 14.1. The zero-order valence-corrected chi connectivity index (χ0v) is 17.7. The van der Waals surface area contributed by atoms with Crippen LogP contribution >= 0.6 is 0 Å². The van der Waals surface area contributed by atoms with Gasteiger partial charge in [0.1, 0.15) is 5.82 Å². The van der Waals surface area contributed by atoms with E-state index in [-0.39, 0.29) is 24.1 Å². The average Bonchev–Trinajstić information content (AvgIpc) is 2.80. The van der Waals surface area contributed by atoms with Gasteiger partial charge in [0.05, 0.1) is 25.3 Å². The van der Waals surface area contributed by atoms with Gasteiger partial charge < -0.3 is 9.64 Å². The highest BCUT2D eigenvalue weighted by Gasteiger charge is 2.31. The van der Waals surface area contributed by atoms with Crippen molar-refractivity contribution in [1.82, 2.24) is 19.9 Å². The predicted octanol–water partition coefficient (Wildman–Crippen LogP) is 4.29. The molecular formula is C24H25FN4O2. The molecule has 0 spiro atoms. The molecule has 0 saturated carbocycles. The Morgan fingerprint density at radius 1 is 1.23 bits per heavy atom. The van der Waals surface area contributed by atoms with Gasteiger partial charge in [0, 0.05) is 30.7 Å². The summed E-state index contributed by atoms with van der Waals surface area (Å²) in [4.78, 5) is 28.4. The molecule has 1 saturated heterocycles. The van der Waals surface area contributed by atoms with Crippen molar-refractivity contribution in [2.75, 3.05) is 13.7 Å². The number of pyridine rings is 1. The standard InChI is InChI=1S/C24H25FN4O2/c1-16-27-15-19(18-8-10-26-11-9-18)24(28-16)21-5-3-4-12-29(21)23(30)14-17-6-7-22(31-2)20(25)13-17/h6-11,13,15,21H,3-5,12,14H2,1-2H3. The molecule has 3 aromatic rings. The highest BCUT2D eigenvalue weighted by Crippen LogP contribution is 2.36. The number of carbonyl (C=O) groups is 1. The zero-order valence-electron chi connectivity index (χ0n) is 17.7. The van der Waals surface area contributed by atoms with Crippen LogP contribution in [-0.2, 0) is 11.2 Å². The molecule has 0 aliphatic carbocycles. The first-order chi connectivity index (χ1) is 15.1. The van der Waals surface area contributed by atoms with E-state index in [2.05, 4.69) is 9.97 Å². The van der Waals surface area contributed by atoms with Crippen molar-refractivity contribution in [3.05, 3.63) is 71.8 Å². The summed E-state index contributed by atoms with van der Waals surface area (Å²) in [6, 6.07) is 8.36. The number of hydrogen-bond acceptors (Lipinski definition) is 5. The Morgan fingerprint density at radius 2 is 2.03 bits per heavy atom. The van der Waals surface area contributed by atoms with Crippen molar-refractivity contribution in [2.24, 2.45) is 0 Å². The molecule has 2 aromatic heterocycles. The fourth-order valence-electron chi connectivity index (χ4n) is 4.11. The van der Waals surface area contributed by atoms with Gasteiger partial charge in [-0.1, -0.05) is 6.07 Å². The summed E-state index contributed by atoms with van der Waals surface area (Å²) in [7, 11) is 1.42. The predicted molar refractivity (Wildman–Crippen MR) is 115 cm³/mol. The number of halogens is 1. The number of rotatable bonds is 5. The molecule has 7 heteroatoms. The van der Waals surface area contributed by atoms with Crippen molar-refractivity contribution in [3.63, 3.8) is 0 Å². The van der Waals surface area contributed by atoms with Crippen LogP contribution in [0.25, 0.3) is 11.1 Å². The van der Waals surface area contributed by atoms with Gasteiger partial charge in [0.15, 0.2) is 11.6 Å². The second-order valence-corrected chi connectivity index (χ2v) is 7.70. The Kier molecular flexibility index (Phi) is 6.21. The maximum Gasteiger partial charge on any atom is 0.227 e. The number of hydrogen-bond donors (Lipinski definition) is 0. The molecule has 0 N–H and O–H groups in total. The molecule has 1 amide bonds. The van der Waals surface area contributed by atoms with Crippen molar-refractivity contribution >= 4 is 5.91 Å². The van der Waals surface area contributed by atoms with Crippen LogP contribution < -0.4 is 4.74 Å². The van der Waals surface area contributed by atoms with Crippen LogP contribution in [0.3, 0.4) is 0 Å². The first kappa shape index (κ1) is 20.9. The van der Waals surface area contributed by atoms with E-state index in [0.29, 0.717) is 17.9 Å². The lowest BCUT2D eigenvalue weighted by molar-refractivity contribution is -0.134. The average molecular weight is 420 g/mol. The van der Waals surface area contributed by atoms with E-state index < -0.39 is 5.82 Å². The van der Waals surface area contributed by atoms with Crippen LogP contribution in [0.2, 0.25) is 0 Å². The van der Waals surface area contributed by atoms with Gasteiger partial charge in [-0.05, 0) is 61.6 Å². The highest BCUT2D eigenvalue weighted by molar-refractivity contribution is 5.80. The van der Waals surface area contributed by atoms with Crippen LogP contribution in [0, 0.1) is 12.7 Å². The molecule has 6 nitrogen and oxygen atoms in total. The number of nitrogens with zero attached hydrogens (tertiary/aromatic N) is 4. The fraction of sp³-hybridized carbons (Fsp3) is 0.333. The van der Waals surface area contributed by atoms with Crippen LogP contribution in [0.1, 0.15) is 42.4 Å². The summed E-state index contributed by atoms with van der Waals surface area (Å²) in [5.41, 5.74) is 3.36. The molecule has 1 aliphatic heterocycles. The smallest absolute Gasteiger partial charge is 0.227 e. The summed E-state index contributed by atoms with van der Waals surface area (Å²) in [6.07, 6.45) is 8.21. The zero-order chi connectivity index (χ0) is 21.8. The first-order valence-corrected chi connectivity index (χ1v) is 10.4. The lowest BCUT2D eigenvalue weighted by atomic mass is 9.93. The third-order valence-corrected chi connectivity index (χ3v) is 5.64. The van der Waals surface area contributed by atoms with Crippen LogP contribution in [-0.4, -0.2) is 39.4 Å². The van der Waals surface area contributed by atoms with Crippen molar-refractivity contribution < 1.29 is 13.9 Å². The summed E-state index contributed by atoms with van der Waals surface area (Å²) in [5, 5.41) is 0. The second kappa shape index (κ2) is 9.20. The molecule has 1 atom stereocenters. The van der Waals surface area contributed by atoms with Crippen LogP contribution in [0.5, 0.6) is 5.75 Å². The van der Waals surface area contributed by atoms with Gasteiger partial charge in [-0.15, -0.1) is 0 Å². The highest BCUT2D eigenvalue weighted by atomic mass is 19.1. The molecule has 4 rings (SSSR count). The van der Waals surface area contributed by atoms with Gasteiger partial charge in [0.25, 0.3) is 0 Å². The fourth-order valence-corrected chi connectivity index (χ4v) is 4.11. The Bertz CT molecular complexity index is 1070. The van der Waals surface area contributed by atoms with E-state index >= 15 is 0 Å². The molecule has 0 radical (unpaired) electrons. The molecule has 3 heterocycles. The number of benzene rings is 1. The van der Waals surface area contributed by atoms with Gasteiger partial charge in [-0.2, -0.15) is 0 Å². The van der Waals surface area contributed by atoms with Crippen molar-refractivity contribution in [2.45, 2.75) is 38.6 Å². The molecule has 31 heavy (non-hydrogen) atoms. The van der Waals surface area contributed by atoms with E-state index in [9.17, 15) is 9.18 Å². The van der Waals surface area contributed by atoms with E-state index in [1.54, 1.807) is 24.5 Å². The van der Waals surface area contributed by atoms with E-state index in [4.69, 9.17) is 9.72 Å². The lowest BCUT2D eigenvalue weighted by Crippen LogP contribution is -2.40. The number of aryl methyl sites for hydroxylation is 1. The maximum absolute atomic E-state index is 14.1. The Labute approximate surface area is 181 Å². The number of amides is 1. The lowest BCUT2D eigenvalue weighted by Gasteiger charge is -2.36. The molecule has 1 aromatic carbocycles. The largest absolute Gasteiger partial charge is 0.494 e. The monoisotopic (exact) mass is 420 g/mol. The Balaban J connectivity index is 1.64. The number of methoxy groups -OCH3 is 1. The summed E-state index contributed by atoms with van der Waals surface area (Å²) in [5.74, 6) is 0.342. The minimum absolute atomic E-state index is 0.0359. The molecule has 1 fully saturated rings. The first-order valence-electron chi connectivity index (χ1n) is 10.4. The molecule has 160 valence electrons. The van der Waals surface area contributed by atoms with E-state index in [1.807, 2.05) is 30.2 Å². The molecular weight excluding hydrogens is 395 g/mol. The molecule has 1 unspecified atom stereocenters. The number of piperidine rings is 1. The van der Waals surface area contributed by atoms with Crippen molar-refractivity contribution in [1.29, 1.82) is 0 Å². The van der Waals surface area contributed by atoms with E-state index in [1.165, 1.54) is 13.2 Å². The van der Waals surface area contributed by atoms with Crippen molar-refractivity contribution in [3.8, 4) is 16.9 Å². The van der Waals surface area contributed by atoms with Gasteiger partial charge in [0.2, 0.25) is 5.91 Å². The minimum Gasteiger partial charge on any atom is -0.494 e. The van der Waals surface area contributed by atoms with Crippen LogP contribution in [0.4, 0.5) is 4.39 Å². The number of aromatic nitrogens is 3. The van der Waals surface area contributed by atoms with Gasteiger partial charge in [-0.25, -0.2) is 14.4 Å². The normalized spacial score (nSPS) is 16.2. The summed E-state index contributed by atoms with van der Waals surface area (Å²) in [6.45, 7) is 2.51. The Hall–Kier alpha value is -3.35. The quantitative estimate of drug-likeness (QED) is 0.616. The SMILES string of the molecule is COc1ccc(CC(=O)N2CCCCC2c2nc(C)ncc2-c2ccncc2)cc1F. The number of ether oxygens (including phenoxy) is 1. The van der Waals surface area contributed by atoms with Gasteiger partial charge >= 0.3 is 0 Å². The topological polar surface area (TPSA) is 68.2 Å². The summed E-state index contributed by atoms with van der Waals surface area (Å²) < 4.78 is 19.1. The number of likely N-dealkylation sites (tertiary alicyclic amines) is 1. The second-order valence-electron chi connectivity index (χ2n) is 7.70. The molecule has 0 bridgehead atoms. The minimum atomic E-state index is -0.464. The third kappa shape index (κ3) is 4.55. The summed E-state index contributed by atoms with van der Waals surface area (Å²) >= 11 is 0. The van der Waals surface area contributed by atoms with E-state index in [0.717, 1.165) is 36.1 Å².